The molecule has 3 heterocycles. The molecule has 0 N–H and O–H groups in total. The summed E-state index contributed by atoms with van der Waals surface area (Å²) in [5.74, 6) is 2.18. The summed E-state index contributed by atoms with van der Waals surface area (Å²) in [6.45, 7) is 7.11. The van der Waals surface area contributed by atoms with Crippen molar-refractivity contribution in [2.45, 2.75) is 52.4 Å². The van der Waals surface area contributed by atoms with Crippen LogP contribution in [0.3, 0.4) is 0 Å². The normalized spacial score (nSPS) is 20.6. The lowest BCUT2D eigenvalue weighted by Crippen LogP contribution is -2.07. The predicted molar refractivity (Wildman–Crippen MR) is 158 cm³/mol. The maximum absolute atomic E-state index is 5.05. The molecule has 182 valence electrons. The van der Waals surface area contributed by atoms with Crippen molar-refractivity contribution in [3.05, 3.63) is 84.1 Å². The molecule has 0 spiro atoms. The van der Waals surface area contributed by atoms with E-state index in [1.165, 1.54) is 85.5 Å². The number of pyridine rings is 2. The maximum atomic E-state index is 5.05. The summed E-state index contributed by atoms with van der Waals surface area (Å²) < 4.78 is 2.59. The third-order valence-electron chi connectivity index (χ3n) is 9.44. The largest absolute Gasteiger partial charge is 0.308 e. The van der Waals surface area contributed by atoms with Crippen molar-refractivity contribution in [1.82, 2.24) is 9.38 Å². The first-order chi connectivity index (χ1) is 18.2. The van der Waals surface area contributed by atoms with E-state index in [1.54, 1.807) is 5.56 Å². The molecule has 3 aromatic heterocycles. The van der Waals surface area contributed by atoms with Gasteiger partial charge in [0.2, 0.25) is 0 Å². The molecular formula is C35H32N2. The molecule has 4 aromatic carbocycles. The molecule has 37 heavy (non-hydrogen) atoms. The molecule has 0 radical (unpaired) electrons. The van der Waals surface area contributed by atoms with Crippen LogP contribution in [0.5, 0.6) is 0 Å². The Balaban J connectivity index is 1.64. The van der Waals surface area contributed by atoms with Crippen LogP contribution in [0.2, 0.25) is 0 Å². The van der Waals surface area contributed by atoms with E-state index in [9.17, 15) is 0 Å². The van der Waals surface area contributed by atoms with Gasteiger partial charge in [-0.05, 0) is 89.1 Å². The van der Waals surface area contributed by atoms with E-state index in [4.69, 9.17) is 4.98 Å². The minimum Gasteiger partial charge on any atom is -0.308 e. The number of benzene rings is 4. The highest BCUT2D eigenvalue weighted by molar-refractivity contribution is 6.29. The number of para-hydroxylation sites is 1. The van der Waals surface area contributed by atoms with Gasteiger partial charge in [-0.1, -0.05) is 69.2 Å². The molecule has 0 amide bonds. The van der Waals surface area contributed by atoms with Gasteiger partial charge in [-0.3, -0.25) is 4.98 Å². The summed E-state index contributed by atoms with van der Waals surface area (Å²) in [7, 11) is 0. The van der Waals surface area contributed by atoms with E-state index >= 15 is 0 Å². The fourth-order valence-corrected chi connectivity index (χ4v) is 8.04. The predicted octanol–water partition coefficient (Wildman–Crippen LogP) is 9.78. The molecule has 1 aliphatic rings. The molecular weight excluding hydrogens is 448 g/mol. The third kappa shape index (κ3) is 2.79. The van der Waals surface area contributed by atoms with Crippen LogP contribution in [-0.2, 0) is 0 Å². The molecule has 2 nitrogen and oxygen atoms in total. The molecule has 3 unspecified atom stereocenters. The zero-order valence-corrected chi connectivity index (χ0v) is 21.9. The molecule has 1 fully saturated rings. The summed E-state index contributed by atoms with van der Waals surface area (Å²) in [6.07, 6.45) is 7.26. The van der Waals surface area contributed by atoms with E-state index in [-0.39, 0.29) is 0 Å². The van der Waals surface area contributed by atoms with Crippen molar-refractivity contribution in [2.24, 2.45) is 11.8 Å². The van der Waals surface area contributed by atoms with Crippen LogP contribution in [0.15, 0.2) is 72.9 Å². The molecule has 3 atom stereocenters. The second-order valence-electron chi connectivity index (χ2n) is 11.7. The number of aromatic nitrogens is 2. The van der Waals surface area contributed by atoms with Crippen molar-refractivity contribution < 1.29 is 0 Å². The number of fused-ring (bicyclic) bond motifs is 7. The number of hydrogen-bond donors (Lipinski definition) is 0. The first-order valence-corrected chi connectivity index (χ1v) is 14.0. The van der Waals surface area contributed by atoms with Gasteiger partial charge in [-0.2, -0.15) is 0 Å². The Bertz CT molecular complexity index is 1990. The van der Waals surface area contributed by atoms with E-state index < -0.39 is 0 Å². The van der Waals surface area contributed by atoms with Gasteiger partial charge < -0.3 is 4.40 Å². The van der Waals surface area contributed by atoms with Gasteiger partial charge in [-0.25, -0.2) is 0 Å². The van der Waals surface area contributed by atoms with Crippen molar-refractivity contribution >= 4 is 59.8 Å². The van der Waals surface area contributed by atoms with Gasteiger partial charge in [0, 0.05) is 27.7 Å². The Hall–Kier alpha value is -3.65. The smallest absolute Gasteiger partial charge is 0.0823 e. The van der Waals surface area contributed by atoms with Crippen molar-refractivity contribution in [2.75, 3.05) is 0 Å². The van der Waals surface area contributed by atoms with E-state index in [1.807, 2.05) is 6.20 Å². The van der Waals surface area contributed by atoms with Crippen LogP contribution < -0.4 is 0 Å². The van der Waals surface area contributed by atoms with Crippen LogP contribution in [0.25, 0.3) is 59.8 Å². The summed E-state index contributed by atoms with van der Waals surface area (Å²) in [6, 6.07) is 25.1. The molecule has 0 bridgehead atoms. The zero-order valence-electron chi connectivity index (χ0n) is 21.9. The first kappa shape index (κ1) is 21.4. The standard InChI is InChI=1S/C35H32N2/c1-4-9-22-16-20(2)17-27(22)28-19-24-14-15-36-33-29-18-23-10-5-6-11-25(23)21(3)34(29)37-30-13-8-7-12-26(30)32(28)35(37)31(24)33/h5-8,10-15,18-20,22,27H,4,9,16-17H2,1-3H3. The SMILES string of the molecule is CCCC1CC(C)CC1c1cc2ccnc3c4cc5ccccc5c(C)c4n4c5ccccc5c1c4c23. The average Bonchev–Trinajstić information content (AvgIpc) is 3.46. The quantitative estimate of drug-likeness (QED) is 0.182. The lowest BCUT2D eigenvalue weighted by atomic mass is 9.82. The highest BCUT2D eigenvalue weighted by atomic mass is 14.9. The van der Waals surface area contributed by atoms with Crippen LogP contribution in [0, 0.1) is 18.8 Å². The average molecular weight is 481 g/mol. The van der Waals surface area contributed by atoms with Gasteiger partial charge in [0.15, 0.2) is 0 Å². The monoisotopic (exact) mass is 480 g/mol. The van der Waals surface area contributed by atoms with Crippen LogP contribution in [0.4, 0.5) is 0 Å². The van der Waals surface area contributed by atoms with Crippen molar-refractivity contribution in [1.29, 1.82) is 0 Å². The van der Waals surface area contributed by atoms with E-state index in [2.05, 4.69) is 91.9 Å². The van der Waals surface area contributed by atoms with Gasteiger partial charge in [0.05, 0.1) is 22.1 Å². The number of aryl methyl sites for hydroxylation is 1. The summed E-state index contributed by atoms with van der Waals surface area (Å²) in [5.41, 5.74) is 8.04. The molecule has 1 aliphatic carbocycles. The fraction of sp³-hybridized carbons (Fsp3) is 0.286. The molecule has 0 saturated heterocycles. The second kappa shape index (κ2) is 7.68. The molecule has 0 aliphatic heterocycles. The van der Waals surface area contributed by atoms with Gasteiger partial charge in [0.25, 0.3) is 0 Å². The Morgan fingerprint density at radius 3 is 2.51 bits per heavy atom. The minimum absolute atomic E-state index is 0.620. The van der Waals surface area contributed by atoms with E-state index in [0.717, 1.165) is 17.4 Å². The first-order valence-electron chi connectivity index (χ1n) is 14.0. The van der Waals surface area contributed by atoms with Crippen molar-refractivity contribution in [3.8, 4) is 0 Å². The summed E-state index contributed by atoms with van der Waals surface area (Å²) >= 11 is 0. The van der Waals surface area contributed by atoms with Gasteiger partial charge >= 0.3 is 0 Å². The van der Waals surface area contributed by atoms with Crippen LogP contribution in [-0.4, -0.2) is 9.38 Å². The Morgan fingerprint density at radius 2 is 1.65 bits per heavy atom. The topological polar surface area (TPSA) is 17.3 Å². The van der Waals surface area contributed by atoms with Crippen molar-refractivity contribution in [3.63, 3.8) is 0 Å². The number of rotatable bonds is 3. The Kier molecular flexibility index (Phi) is 4.45. The summed E-state index contributed by atoms with van der Waals surface area (Å²) in [4.78, 5) is 5.05. The second-order valence-corrected chi connectivity index (χ2v) is 11.7. The fourth-order valence-electron chi connectivity index (χ4n) is 8.04. The zero-order chi connectivity index (χ0) is 24.8. The highest BCUT2D eigenvalue weighted by Gasteiger charge is 2.35. The molecule has 1 saturated carbocycles. The van der Waals surface area contributed by atoms with Crippen LogP contribution >= 0.6 is 0 Å². The van der Waals surface area contributed by atoms with Crippen LogP contribution in [0.1, 0.15) is 56.6 Å². The lowest BCUT2D eigenvalue weighted by molar-refractivity contribution is 0.439. The minimum atomic E-state index is 0.620. The molecule has 2 heteroatoms. The third-order valence-corrected chi connectivity index (χ3v) is 9.44. The Morgan fingerprint density at radius 1 is 0.838 bits per heavy atom. The van der Waals surface area contributed by atoms with E-state index in [0.29, 0.717) is 5.92 Å². The molecule has 7 aromatic rings. The maximum Gasteiger partial charge on any atom is 0.0823 e. The number of nitrogens with zero attached hydrogens (tertiary/aromatic N) is 2. The van der Waals surface area contributed by atoms with Gasteiger partial charge in [-0.15, -0.1) is 0 Å². The Labute approximate surface area is 217 Å². The summed E-state index contributed by atoms with van der Waals surface area (Å²) in [5, 5.41) is 9.37. The highest BCUT2D eigenvalue weighted by Crippen LogP contribution is 2.51. The number of hydrogen-bond acceptors (Lipinski definition) is 1. The molecule has 8 rings (SSSR count). The van der Waals surface area contributed by atoms with Gasteiger partial charge in [0.1, 0.15) is 0 Å². The lowest BCUT2D eigenvalue weighted by Gasteiger charge is -2.23.